The highest BCUT2D eigenvalue weighted by molar-refractivity contribution is 5.06. The highest BCUT2D eigenvalue weighted by atomic mass is 16.3. The standard InChI is InChI=1S/C11H20N4O/c1-14-4-2-9(3-5-14)15-8-13-6-11(15)10(12)7-16/h6,8-10,16H,2-5,7,12H2,1H3. The van der Waals surface area contributed by atoms with Crippen LogP contribution in [0.2, 0.25) is 0 Å². The molecule has 1 aromatic heterocycles. The molecule has 16 heavy (non-hydrogen) atoms. The Bertz CT molecular complexity index is 330. The normalized spacial score (nSPS) is 21.2. The second kappa shape index (κ2) is 4.95. The Hall–Kier alpha value is -0.910. The van der Waals surface area contributed by atoms with Crippen LogP contribution in [0, 0.1) is 0 Å². The number of aliphatic hydroxyl groups is 1. The zero-order valence-electron chi connectivity index (χ0n) is 9.71. The summed E-state index contributed by atoms with van der Waals surface area (Å²) in [4.78, 5) is 6.48. The van der Waals surface area contributed by atoms with E-state index in [0.717, 1.165) is 31.6 Å². The summed E-state index contributed by atoms with van der Waals surface area (Å²) in [6, 6.07) is 0.161. The predicted octanol–water partition coefficient (Wildman–Crippen LogP) is 0.142. The number of imidazole rings is 1. The minimum absolute atomic E-state index is 0.0294. The lowest BCUT2D eigenvalue weighted by Crippen LogP contribution is -2.32. The zero-order chi connectivity index (χ0) is 11.5. The van der Waals surface area contributed by atoms with E-state index in [9.17, 15) is 0 Å². The monoisotopic (exact) mass is 224 g/mol. The summed E-state index contributed by atoms with van der Waals surface area (Å²) in [5, 5.41) is 9.10. The number of hydrogen-bond acceptors (Lipinski definition) is 4. The maximum Gasteiger partial charge on any atom is 0.0951 e. The Morgan fingerprint density at radius 1 is 1.56 bits per heavy atom. The Balaban J connectivity index is 2.11. The second-order valence-corrected chi connectivity index (χ2v) is 4.55. The summed E-state index contributed by atoms with van der Waals surface area (Å²) in [5.41, 5.74) is 6.79. The number of rotatable bonds is 3. The van der Waals surface area contributed by atoms with Crippen LogP contribution in [0.5, 0.6) is 0 Å². The van der Waals surface area contributed by atoms with E-state index in [0.29, 0.717) is 6.04 Å². The molecule has 2 rings (SSSR count). The first-order valence-corrected chi connectivity index (χ1v) is 5.79. The van der Waals surface area contributed by atoms with Gasteiger partial charge in [0.2, 0.25) is 0 Å². The summed E-state index contributed by atoms with van der Waals surface area (Å²) in [6.45, 7) is 2.19. The predicted molar refractivity (Wildman–Crippen MR) is 62.0 cm³/mol. The molecule has 1 unspecified atom stereocenters. The molecule has 1 aromatic rings. The average Bonchev–Trinajstić information content (AvgIpc) is 2.78. The molecule has 1 aliphatic rings. The smallest absolute Gasteiger partial charge is 0.0951 e. The molecular weight excluding hydrogens is 204 g/mol. The van der Waals surface area contributed by atoms with E-state index < -0.39 is 0 Å². The Morgan fingerprint density at radius 3 is 2.88 bits per heavy atom. The van der Waals surface area contributed by atoms with E-state index in [1.54, 1.807) is 6.20 Å². The van der Waals surface area contributed by atoms with Crippen LogP contribution in [0.3, 0.4) is 0 Å². The van der Waals surface area contributed by atoms with Gasteiger partial charge in [0, 0.05) is 12.2 Å². The summed E-state index contributed by atoms with van der Waals surface area (Å²) in [7, 11) is 2.14. The lowest BCUT2D eigenvalue weighted by molar-refractivity contribution is 0.212. The molecule has 0 aromatic carbocycles. The first-order valence-electron chi connectivity index (χ1n) is 5.79. The molecule has 1 atom stereocenters. The summed E-state index contributed by atoms with van der Waals surface area (Å²) < 4.78 is 2.13. The van der Waals surface area contributed by atoms with Gasteiger partial charge in [-0.1, -0.05) is 0 Å². The van der Waals surface area contributed by atoms with Crippen LogP contribution >= 0.6 is 0 Å². The van der Waals surface area contributed by atoms with Crippen molar-refractivity contribution in [3.8, 4) is 0 Å². The zero-order valence-corrected chi connectivity index (χ0v) is 9.71. The van der Waals surface area contributed by atoms with Gasteiger partial charge in [-0.2, -0.15) is 0 Å². The molecule has 5 heteroatoms. The van der Waals surface area contributed by atoms with E-state index in [-0.39, 0.29) is 12.6 Å². The van der Waals surface area contributed by atoms with Gasteiger partial charge in [0.05, 0.1) is 24.7 Å². The highest BCUT2D eigenvalue weighted by Gasteiger charge is 2.21. The van der Waals surface area contributed by atoms with Gasteiger partial charge < -0.3 is 20.3 Å². The van der Waals surface area contributed by atoms with Gasteiger partial charge in [-0.05, 0) is 33.0 Å². The van der Waals surface area contributed by atoms with Gasteiger partial charge in [0.1, 0.15) is 0 Å². The van der Waals surface area contributed by atoms with Gasteiger partial charge >= 0.3 is 0 Å². The molecular formula is C11H20N4O. The van der Waals surface area contributed by atoms with E-state index in [1.165, 1.54) is 0 Å². The van der Waals surface area contributed by atoms with E-state index in [1.807, 2.05) is 6.33 Å². The van der Waals surface area contributed by atoms with Crippen LogP contribution in [0.4, 0.5) is 0 Å². The van der Waals surface area contributed by atoms with Crippen molar-refractivity contribution in [3.63, 3.8) is 0 Å². The molecule has 1 fully saturated rings. The minimum atomic E-state index is -0.317. The van der Waals surface area contributed by atoms with Crippen molar-refractivity contribution in [2.24, 2.45) is 5.73 Å². The quantitative estimate of drug-likeness (QED) is 0.766. The maximum absolute atomic E-state index is 9.10. The number of aliphatic hydroxyl groups excluding tert-OH is 1. The van der Waals surface area contributed by atoms with Crippen molar-refractivity contribution in [1.29, 1.82) is 0 Å². The van der Waals surface area contributed by atoms with Crippen molar-refractivity contribution in [3.05, 3.63) is 18.2 Å². The molecule has 90 valence electrons. The molecule has 3 N–H and O–H groups in total. The summed E-state index contributed by atoms with van der Waals surface area (Å²) in [5.74, 6) is 0. The minimum Gasteiger partial charge on any atom is -0.394 e. The Kier molecular flexibility index (Phi) is 3.58. The van der Waals surface area contributed by atoms with Gasteiger partial charge in [0.15, 0.2) is 0 Å². The summed E-state index contributed by atoms with van der Waals surface area (Å²) >= 11 is 0. The number of nitrogens with two attached hydrogens (primary N) is 1. The second-order valence-electron chi connectivity index (χ2n) is 4.55. The number of aromatic nitrogens is 2. The molecule has 0 saturated carbocycles. The first kappa shape index (κ1) is 11.6. The van der Waals surface area contributed by atoms with Crippen LogP contribution in [-0.2, 0) is 0 Å². The van der Waals surface area contributed by atoms with Gasteiger partial charge in [-0.25, -0.2) is 4.98 Å². The van der Waals surface area contributed by atoms with Crippen LogP contribution in [0.15, 0.2) is 12.5 Å². The topological polar surface area (TPSA) is 67.3 Å². The van der Waals surface area contributed by atoms with Gasteiger partial charge in [-0.3, -0.25) is 0 Å². The SMILES string of the molecule is CN1CCC(n2cncc2C(N)CO)CC1. The van der Waals surface area contributed by atoms with Crippen molar-refractivity contribution in [2.45, 2.75) is 24.9 Å². The molecule has 0 aliphatic carbocycles. The molecule has 5 nitrogen and oxygen atoms in total. The fourth-order valence-corrected chi connectivity index (χ4v) is 2.27. The summed E-state index contributed by atoms with van der Waals surface area (Å²) in [6.07, 6.45) is 5.84. The highest BCUT2D eigenvalue weighted by Crippen LogP contribution is 2.24. The van der Waals surface area contributed by atoms with Crippen molar-refractivity contribution < 1.29 is 5.11 Å². The molecule has 0 amide bonds. The number of likely N-dealkylation sites (tertiary alicyclic amines) is 1. The maximum atomic E-state index is 9.10. The lowest BCUT2D eigenvalue weighted by atomic mass is 10.0. The van der Waals surface area contributed by atoms with E-state index in [4.69, 9.17) is 10.8 Å². The van der Waals surface area contributed by atoms with E-state index in [2.05, 4.69) is 21.5 Å². The Morgan fingerprint density at radius 2 is 2.25 bits per heavy atom. The van der Waals surface area contributed by atoms with Crippen molar-refractivity contribution in [2.75, 3.05) is 26.7 Å². The molecule has 1 aliphatic heterocycles. The number of nitrogens with zero attached hydrogens (tertiary/aromatic N) is 3. The Labute approximate surface area is 95.9 Å². The third-order valence-electron chi connectivity index (χ3n) is 3.35. The molecule has 1 saturated heterocycles. The van der Waals surface area contributed by atoms with Crippen LogP contribution < -0.4 is 5.73 Å². The van der Waals surface area contributed by atoms with Gasteiger partial charge in [-0.15, -0.1) is 0 Å². The molecule has 2 heterocycles. The third kappa shape index (κ3) is 2.26. The number of hydrogen-bond donors (Lipinski definition) is 2. The third-order valence-corrected chi connectivity index (χ3v) is 3.35. The van der Waals surface area contributed by atoms with E-state index >= 15 is 0 Å². The van der Waals surface area contributed by atoms with Crippen LogP contribution in [0.25, 0.3) is 0 Å². The van der Waals surface area contributed by atoms with Gasteiger partial charge in [0.25, 0.3) is 0 Å². The average molecular weight is 224 g/mol. The van der Waals surface area contributed by atoms with Crippen LogP contribution in [-0.4, -0.2) is 46.3 Å². The number of piperidine rings is 1. The first-order chi connectivity index (χ1) is 7.72. The lowest BCUT2D eigenvalue weighted by Gasteiger charge is -2.31. The largest absolute Gasteiger partial charge is 0.394 e. The molecule has 0 bridgehead atoms. The van der Waals surface area contributed by atoms with Crippen molar-refractivity contribution >= 4 is 0 Å². The fraction of sp³-hybridized carbons (Fsp3) is 0.727. The molecule has 0 radical (unpaired) electrons. The van der Waals surface area contributed by atoms with Crippen molar-refractivity contribution in [1.82, 2.24) is 14.5 Å². The van der Waals surface area contributed by atoms with Crippen LogP contribution in [0.1, 0.15) is 30.6 Å². The molecule has 0 spiro atoms. The fourth-order valence-electron chi connectivity index (χ4n) is 2.27.